The van der Waals surface area contributed by atoms with Crippen molar-refractivity contribution in [3.8, 4) is 0 Å². The van der Waals surface area contributed by atoms with E-state index in [1.54, 1.807) is 36.4 Å². The fourth-order valence-corrected chi connectivity index (χ4v) is 2.98. The Hall–Kier alpha value is -4.26. The summed E-state index contributed by atoms with van der Waals surface area (Å²) >= 11 is 0. The van der Waals surface area contributed by atoms with Gasteiger partial charge in [-0.15, -0.1) is 0 Å². The molecule has 0 aliphatic rings. The number of carbonyl (C=O) groups is 2. The van der Waals surface area contributed by atoms with E-state index in [9.17, 15) is 19.7 Å². The highest BCUT2D eigenvalue weighted by Gasteiger charge is 2.15. The Kier molecular flexibility index (Phi) is 6.90. The van der Waals surface area contributed by atoms with E-state index in [2.05, 4.69) is 10.6 Å². The van der Waals surface area contributed by atoms with Crippen LogP contribution in [0, 0.1) is 10.1 Å². The van der Waals surface area contributed by atoms with Crippen molar-refractivity contribution in [2.75, 3.05) is 5.32 Å². The number of nitro groups is 1. The third-order valence-electron chi connectivity index (χ3n) is 4.58. The molecule has 0 aromatic heterocycles. The highest BCUT2D eigenvalue weighted by atomic mass is 16.6. The molecule has 0 saturated heterocycles. The maximum atomic E-state index is 12.8. The van der Waals surface area contributed by atoms with E-state index in [0.29, 0.717) is 16.8 Å². The maximum absolute atomic E-state index is 12.8. The van der Waals surface area contributed by atoms with Gasteiger partial charge in [-0.2, -0.15) is 0 Å². The number of nitrogens with zero attached hydrogens (tertiary/aromatic N) is 1. The van der Waals surface area contributed by atoms with Gasteiger partial charge in [0, 0.05) is 18.2 Å². The molecular formula is C24H21N3O4. The van der Waals surface area contributed by atoms with Gasteiger partial charge in [-0.25, -0.2) is 0 Å². The Morgan fingerprint density at radius 1 is 0.968 bits per heavy atom. The molecule has 0 saturated carbocycles. The minimum atomic E-state index is -0.497. The first-order valence-electron chi connectivity index (χ1n) is 9.62. The number of para-hydroxylation sites is 1. The lowest BCUT2D eigenvalue weighted by Gasteiger charge is -2.16. The van der Waals surface area contributed by atoms with Crippen LogP contribution in [0.5, 0.6) is 0 Å². The molecule has 7 heteroatoms. The summed E-state index contributed by atoms with van der Waals surface area (Å²) in [6, 6.07) is 22.0. The molecule has 0 heterocycles. The number of rotatable bonds is 7. The van der Waals surface area contributed by atoms with Crippen molar-refractivity contribution >= 4 is 29.3 Å². The Morgan fingerprint density at radius 3 is 2.42 bits per heavy atom. The van der Waals surface area contributed by atoms with E-state index in [-0.39, 0.29) is 17.6 Å². The van der Waals surface area contributed by atoms with Crippen LogP contribution >= 0.6 is 0 Å². The Labute approximate surface area is 179 Å². The van der Waals surface area contributed by atoms with Crippen molar-refractivity contribution in [1.82, 2.24) is 5.32 Å². The van der Waals surface area contributed by atoms with Crippen LogP contribution in [0.4, 0.5) is 11.4 Å². The SMILES string of the molecule is CC(NC(=O)c1ccccc1NC(=O)/C=C/c1cccc([N+](=O)[O-])c1)c1ccccc1. The number of hydrogen-bond donors (Lipinski definition) is 2. The molecule has 1 unspecified atom stereocenters. The van der Waals surface area contributed by atoms with Crippen LogP contribution in [-0.2, 0) is 4.79 Å². The highest BCUT2D eigenvalue weighted by Crippen LogP contribution is 2.18. The summed E-state index contributed by atoms with van der Waals surface area (Å²) in [6.07, 6.45) is 2.74. The lowest BCUT2D eigenvalue weighted by Crippen LogP contribution is -2.27. The van der Waals surface area contributed by atoms with E-state index in [4.69, 9.17) is 0 Å². The normalized spacial score (nSPS) is 11.6. The second-order valence-corrected chi connectivity index (χ2v) is 6.83. The Bertz CT molecular complexity index is 1130. The second kappa shape index (κ2) is 9.98. The predicted molar refractivity (Wildman–Crippen MR) is 120 cm³/mol. The monoisotopic (exact) mass is 415 g/mol. The van der Waals surface area contributed by atoms with Crippen molar-refractivity contribution in [2.45, 2.75) is 13.0 Å². The fourth-order valence-electron chi connectivity index (χ4n) is 2.98. The Balaban J connectivity index is 1.70. The summed E-state index contributed by atoms with van der Waals surface area (Å²) < 4.78 is 0. The minimum absolute atomic E-state index is 0.0582. The number of benzene rings is 3. The molecule has 0 aliphatic heterocycles. The number of nitro benzene ring substituents is 1. The van der Waals surface area contributed by atoms with Gasteiger partial charge in [0.05, 0.1) is 22.2 Å². The van der Waals surface area contributed by atoms with E-state index < -0.39 is 10.8 Å². The van der Waals surface area contributed by atoms with Crippen LogP contribution in [-0.4, -0.2) is 16.7 Å². The van der Waals surface area contributed by atoms with Crippen LogP contribution in [0.15, 0.2) is 84.9 Å². The molecule has 7 nitrogen and oxygen atoms in total. The summed E-state index contributed by atoms with van der Waals surface area (Å²) in [7, 11) is 0. The van der Waals surface area contributed by atoms with Crippen molar-refractivity contribution in [1.29, 1.82) is 0 Å². The number of amides is 2. The van der Waals surface area contributed by atoms with Crippen LogP contribution < -0.4 is 10.6 Å². The zero-order valence-electron chi connectivity index (χ0n) is 16.8. The van der Waals surface area contributed by atoms with Gasteiger partial charge in [0.2, 0.25) is 5.91 Å². The Morgan fingerprint density at radius 2 is 1.68 bits per heavy atom. The molecular weight excluding hydrogens is 394 g/mol. The molecule has 0 fully saturated rings. The molecule has 0 bridgehead atoms. The van der Waals surface area contributed by atoms with Crippen LogP contribution in [0.2, 0.25) is 0 Å². The average molecular weight is 415 g/mol. The lowest BCUT2D eigenvalue weighted by atomic mass is 10.1. The molecule has 3 rings (SSSR count). The standard InChI is InChI=1S/C24H21N3O4/c1-17(19-9-3-2-4-10-19)25-24(29)21-12-5-6-13-22(21)26-23(28)15-14-18-8-7-11-20(16-18)27(30)31/h2-17H,1H3,(H,25,29)(H,26,28)/b15-14+. The summed E-state index contributed by atoms with van der Waals surface area (Å²) in [5, 5.41) is 16.5. The summed E-state index contributed by atoms with van der Waals surface area (Å²) in [6.45, 7) is 1.89. The molecule has 2 N–H and O–H groups in total. The first-order chi connectivity index (χ1) is 14.9. The molecule has 156 valence electrons. The predicted octanol–water partition coefficient (Wildman–Crippen LogP) is 4.74. The highest BCUT2D eigenvalue weighted by molar-refractivity contribution is 6.07. The summed E-state index contributed by atoms with van der Waals surface area (Å²) in [4.78, 5) is 35.5. The lowest BCUT2D eigenvalue weighted by molar-refractivity contribution is -0.384. The van der Waals surface area contributed by atoms with Gasteiger partial charge in [0.15, 0.2) is 0 Å². The van der Waals surface area contributed by atoms with Gasteiger partial charge >= 0.3 is 0 Å². The molecule has 31 heavy (non-hydrogen) atoms. The molecule has 0 spiro atoms. The molecule has 0 aliphatic carbocycles. The van der Waals surface area contributed by atoms with Crippen molar-refractivity contribution in [3.63, 3.8) is 0 Å². The van der Waals surface area contributed by atoms with Gasteiger partial charge in [-0.1, -0.05) is 54.6 Å². The topological polar surface area (TPSA) is 101 Å². The van der Waals surface area contributed by atoms with Gasteiger partial charge in [0.25, 0.3) is 11.6 Å². The van der Waals surface area contributed by atoms with E-state index in [1.807, 2.05) is 37.3 Å². The maximum Gasteiger partial charge on any atom is 0.270 e. The van der Waals surface area contributed by atoms with Crippen LogP contribution in [0.1, 0.15) is 34.5 Å². The van der Waals surface area contributed by atoms with Crippen molar-refractivity contribution < 1.29 is 14.5 Å². The molecule has 3 aromatic rings. The van der Waals surface area contributed by atoms with Crippen molar-refractivity contribution in [3.05, 3.63) is 112 Å². The zero-order chi connectivity index (χ0) is 22.2. The minimum Gasteiger partial charge on any atom is -0.345 e. The average Bonchev–Trinajstić information content (AvgIpc) is 2.78. The first-order valence-corrected chi connectivity index (χ1v) is 9.62. The number of nitrogens with one attached hydrogen (secondary N) is 2. The zero-order valence-corrected chi connectivity index (χ0v) is 16.8. The first kappa shape index (κ1) is 21.4. The number of anilines is 1. The van der Waals surface area contributed by atoms with Crippen LogP contribution in [0.25, 0.3) is 6.08 Å². The fraction of sp³-hybridized carbons (Fsp3) is 0.0833. The van der Waals surface area contributed by atoms with E-state index in [1.165, 1.54) is 24.3 Å². The van der Waals surface area contributed by atoms with E-state index in [0.717, 1.165) is 5.56 Å². The summed E-state index contributed by atoms with van der Waals surface area (Å²) in [5.41, 5.74) is 2.14. The smallest absolute Gasteiger partial charge is 0.270 e. The van der Waals surface area contributed by atoms with Gasteiger partial charge in [-0.3, -0.25) is 19.7 Å². The molecule has 0 radical (unpaired) electrons. The number of hydrogen-bond acceptors (Lipinski definition) is 4. The third kappa shape index (κ3) is 5.86. The van der Waals surface area contributed by atoms with Crippen molar-refractivity contribution in [2.24, 2.45) is 0 Å². The third-order valence-corrected chi connectivity index (χ3v) is 4.58. The quantitative estimate of drug-likeness (QED) is 0.331. The van der Waals surface area contributed by atoms with Gasteiger partial charge in [0.1, 0.15) is 0 Å². The molecule has 2 amide bonds. The van der Waals surface area contributed by atoms with E-state index >= 15 is 0 Å². The number of non-ortho nitro benzene ring substituents is 1. The van der Waals surface area contributed by atoms with Gasteiger partial charge < -0.3 is 10.6 Å². The second-order valence-electron chi connectivity index (χ2n) is 6.83. The number of carbonyl (C=O) groups excluding carboxylic acids is 2. The largest absolute Gasteiger partial charge is 0.345 e. The van der Waals surface area contributed by atoms with Crippen LogP contribution in [0.3, 0.4) is 0 Å². The molecule has 1 atom stereocenters. The van der Waals surface area contributed by atoms with Gasteiger partial charge in [-0.05, 0) is 36.3 Å². The molecule has 3 aromatic carbocycles. The summed E-state index contributed by atoms with van der Waals surface area (Å²) in [5.74, 6) is -0.766.